The second-order valence-electron chi connectivity index (χ2n) is 3.49. The fourth-order valence-electron chi connectivity index (χ4n) is 1.27. The molecule has 0 aliphatic carbocycles. The van der Waals surface area contributed by atoms with Gasteiger partial charge in [-0.2, -0.15) is 0 Å². The van der Waals surface area contributed by atoms with Gasteiger partial charge in [0, 0.05) is 12.3 Å². The zero-order chi connectivity index (χ0) is 14.0. The van der Waals surface area contributed by atoms with Gasteiger partial charge in [-0.1, -0.05) is 23.2 Å². The Morgan fingerprint density at radius 3 is 2.58 bits per heavy atom. The lowest BCUT2D eigenvalue weighted by Gasteiger charge is -2.07. The summed E-state index contributed by atoms with van der Waals surface area (Å²) in [7, 11) is 0. The molecule has 4 nitrogen and oxygen atoms in total. The van der Waals surface area contributed by atoms with E-state index in [1.807, 2.05) is 0 Å². The third kappa shape index (κ3) is 3.13. The van der Waals surface area contributed by atoms with Crippen LogP contribution in [0.3, 0.4) is 0 Å². The summed E-state index contributed by atoms with van der Waals surface area (Å²) in [5.41, 5.74) is -0.0698. The van der Waals surface area contributed by atoms with Crippen LogP contribution in [-0.4, -0.2) is 16.1 Å². The van der Waals surface area contributed by atoms with E-state index in [1.54, 1.807) is 0 Å². The molecule has 0 amide bonds. The van der Waals surface area contributed by atoms with Crippen molar-refractivity contribution in [1.82, 2.24) is 4.98 Å². The number of aromatic nitrogens is 1. The van der Waals surface area contributed by atoms with Gasteiger partial charge in [0.25, 0.3) is 0 Å². The van der Waals surface area contributed by atoms with Crippen LogP contribution in [-0.2, 0) is 0 Å². The molecule has 1 aromatic heterocycles. The number of rotatable bonds is 3. The molecule has 0 saturated carbocycles. The average molecular weight is 302 g/mol. The molecular formula is C12H6Cl2FNO3. The van der Waals surface area contributed by atoms with E-state index in [4.69, 9.17) is 33.0 Å². The molecule has 0 unspecified atom stereocenters. The summed E-state index contributed by atoms with van der Waals surface area (Å²) in [5.74, 6) is -1.66. The lowest BCUT2D eigenvalue weighted by Crippen LogP contribution is -1.98. The predicted octanol–water partition coefficient (Wildman–Crippen LogP) is 4.02. The zero-order valence-corrected chi connectivity index (χ0v) is 10.7. The molecular weight excluding hydrogens is 296 g/mol. The van der Waals surface area contributed by atoms with Gasteiger partial charge in [-0.25, -0.2) is 14.2 Å². The second kappa shape index (κ2) is 5.42. The molecule has 0 fully saturated rings. The van der Waals surface area contributed by atoms with E-state index < -0.39 is 11.8 Å². The fraction of sp³-hybridized carbons (Fsp3) is 0. The summed E-state index contributed by atoms with van der Waals surface area (Å²) in [6.07, 6.45) is 1.09. The van der Waals surface area contributed by atoms with Crippen molar-refractivity contribution in [1.29, 1.82) is 0 Å². The number of aromatic carboxylic acids is 1. The van der Waals surface area contributed by atoms with E-state index >= 15 is 0 Å². The van der Waals surface area contributed by atoms with Crippen molar-refractivity contribution >= 4 is 29.2 Å². The quantitative estimate of drug-likeness (QED) is 0.930. The Morgan fingerprint density at radius 1 is 1.26 bits per heavy atom. The SMILES string of the molecule is O=C(O)c1cnc(Oc2ccc(Cl)c(F)c2)c(Cl)c1. The molecule has 98 valence electrons. The van der Waals surface area contributed by atoms with Crippen molar-refractivity contribution in [3.05, 3.63) is 51.9 Å². The highest BCUT2D eigenvalue weighted by atomic mass is 35.5. The van der Waals surface area contributed by atoms with Crippen molar-refractivity contribution in [3.63, 3.8) is 0 Å². The Labute approximate surface area is 117 Å². The van der Waals surface area contributed by atoms with Crippen LogP contribution >= 0.6 is 23.2 Å². The highest BCUT2D eigenvalue weighted by molar-refractivity contribution is 6.32. The molecule has 0 saturated heterocycles. The number of halogens is 3. The van der Waals surface area contributed by atoms with E-state index in [-0.39, 0.29) is 27.2 Å². The third-order valence-electron chi connectivity index (χ3n) is 2.16. The molecule has 0 radical (unpaired) electrons. The van der Waals surface area contributed by atoms with E-state index in [1.165, 1.54) is 18.2 Å². The van der Waals surface area contributed by atoms with Gasteiger partial charge in [0.2, 0.25) is 5.88 Å². The van der Waals surface area contributed by atoms with Crippen LogP contribution in [0.25, 0.3) is 0 Å². The predicted molar refractivity (Wildman–Crippen MR) is 67.7 cm³/mol. The second-order valence-corrected chi connectivity index (χ2v) is 4.31. The fourth-order valence-corrected chi connectivity index (χ4v) is 1.59. The van der Waals surface area contributed by atoms with E-state index in [2.05, 4.69) is 4.98 Å². The number of carbonyl (C=O) groups is 1. The largest absolute Gasteiger partial charge is 0.478 e. The van der Waals surface area contributed by atoms with Crippen LogP contribution in [0.4, 0.5) is 4.39 Å². The first-order chi connectivity index (χ1) is 8.97. The minimum Gasteiger partial charge on any atom is -0.478 e. The van der Waals surface area contributed by atoms with E-state index in [9.17, 15) is 9.18 Å². The molecule has 1 heterocycles. The molecule has 1 N–H and O–H groups in total. The maximum Gasteiger partial charge on any atom is 0.337 e. The molecule has 0 aliphatic rings. The van der Waals surface area contributed by atoms with E-state index in [0.717, 1.165) is 12.3 Å². The zero-order valence-electron chi connectivity index (χ0n) is 9.23. The number of nitrogens with zero attached hydrogens (tertiary/aromatic N) is 1. The molecule has 0 bridgehead atoms. The first-order valence-corrected chi connectivity index (χ1v) is 5.74. The van der Waals surface area contributed by atoms with Gasteiger partial charge in [0.05, 0.1) is 10.6 Å². The van der Waals surface area contributed by atoms with Crippen molar-refractivity contribution in [3.8, 4) is 11.6 Å². The molecule has 2 rings (SSSR count). The number of ether oxygens (including phenoxy) is 1. The standard InChI is InChI=1S/C12H6Cl2FNO3/c13-8-2-1-7(4-10(8)15)19-11-9(14)3-6(5-16-11)12(17)18/h1-5H,(H,17,18). The van der Waals surface area contributed by atoms with Crippen molar-refractivity contribution in [2.75, 3.05) is 0 Å². The smallest absolute Gasteiger partial charge is 0.337 e. The van der Waals surface area contributed by atoms with Crippen molar-refractivity contribution < 1.29 is 19.0 Å². The number of carboxylic acids is 1. The van der Waals surface area contributed by atoms with Crippen molar-refractivity contribution in [2.45, 2.75) is 0 Å². The Morgan fingerprint density at radius 2 is 2.00 bits per heavy atom. The molecule has 1 aromatic carbocycles. The highest BCUT2D eigenvalue weighted by Crippen LogP contribution is 2.29. The van der Waals surface area contributed by atoms with Gasteiger partial charge in [0.1, 0.15) is 16.6 Å². The summed E-state index contributed by atoms with van der Waals surface area (Å²) in [6.45, 7) is 0. The van der Waals surface area contributed by atoms with Gasteiger partial charge >= 0.3 is 5.97 Å². The first-order valence-electron chi connectivity index (χ1n) is 4.99. The normalized spacial score (nSPS) is 10.3. The Balaban J connectivity index is 2.28. The van der Waals surface area contributed by atoms with Crippen LogP contribution in [0.15, 0.2) is 30.5 Å². The molecule has 2 aromatic rings. The number of hydrogen-bond acceptors (Lipinski definition) is 3. The van der Waals surface area contributed by atoms with Gasteiger partial charge in [0.15, 0.2) is 0 Å². The van der Waals surface area contributed by atoms with Crippen LogP contribution in [0.5, 0.6) is 11.6 Å². The van der Waals surface area contributed by atoms with E-state index in [0.29, 0.717) is 0 Å². The van der Waals surface area contributed by atoms with Gasteiger partial charge in [-0.15, -0.1) is 0 Å². The number of benzene rings is 1. The van der Waals surface area contributed by atoms with Gasteiger partial charge in [-0.3, -0.25) is 0 Å². The number of carboxylic acid groups (broad SMARTS) is 1. The van der Waals surface area contributed by atoms with Crippen molar-refractivity contribution in [2.24, 2.45) is 0 Å². The average Bonchev–Trinajstić information content (AvgIpc) is 2.36. The summed E-state index contributed by atoms with van der Waals surface area (Å²) in [4.78, 5) is 14.5. The molecule has 0 atom stereocenters. The lowest BCUT2D eigenvalue weighted by molar-refractivity contribution is 0.0696. The maximum atomic E-state index is 13.2. The summed E-state index contributed by atoms with van der Waals surface area (Å²) in [6, 6.07) is 5.03. The molecule has 0 aliphatic heterocycles. The minimum atomic E-state index is -1.15. The minimum absolute atomic E-state index is 0.00950. The van der Waals surface area contributed by atoms with Crippen LogP contribution in [0, 0.1) is 5.82 Å². The highest BCUT2D eigenvalue weighted by Gasteiger charge is 2.11. The maximum absolute atomic E-state index is 13.2. The Kier molecular flexibility index (Phi) is 3.87. The lowest BCUT2D eigenvalue weighted by atomic mass is 10.3. The molecule has 0 spiro atoms. The summed E-state index contributed by atoms with van der Waals surface area (Å²) in [5, 5.41) is 8.73. The van der Waals surface area contributed by atoms with Crippen LogP contribution in [0.2, 0.25) is 10.0 Å². The van der Waals surface area contributed by atoms with Crippen LogP contribution < -0.4 is 4.74 Å². The number of hydrogen-bond donors (Lipinski definition) is 1. The van der Waals surface area contributed by atoms with Gasteiger partial charge in [-0.05, 0) is 18.2 Å². The van der Waals surface area contributed by atoms with Gasteiger partial charge < -0.3 is 9.84 Å². The Bertz CT molecular complexity index is 649. The third-order valence-corrected chi connectivity index (χ3v) is 2.74. The topological polar surface area (TPSA) is 59.4 Å². The molecule has 19 heavy (non-hydrogen) atoms. The number of pyridine rings is 1. The first kappa shape index (κ1) is 13.6. The monoisotopic (exact) mass is 301 g/mol. The Hall–Kier alpha value is -1.85. The summed E-state index contributed by atoms with van der Waals surface area (Å²) >= 11 is 11.4. The molecule has 7 heteroatoms. The van der Waals surface area contributed by atoms with Crippen LogP contribution in [0.1, 0.15) is 10.4 Å². The summed E-state index contributed by atoms with van der Waals surface area (Å²) < 4.78 is 18.5.